The Hall–Kier alpha value is -2.80. The van der Waals surface area contributed by atoms with E-state index in [0.717, 1.165) is 28.0 Å². The lowest BCUT2D eigenvalue weighted by atomic mass is 10.1. The van der Waals surface area contributed by atoms with Gasteiger partial charge in [-0.05, 0) is 46.0 Å². The quantitative estimate of drug-likeness (QED) is 0.783. The molecule has 134 valence electrons. The van der Waals surface area contributed by atoms with Crippen LogP contribution < -0.4 is 10.2 Å². The maximum atomic E-state index is 13.0. The second kappa shape index (κ2) is 6.17. The van der Waals surface area contributed by atoms with Crippen molar-refractivity contribution in [3.05, 3.63) is 47.0 Å². The minimum absolute atomic E-state index is 0.0296. The van der Waals surface area contributed by atoms with Gasteiger partial charge in [-0.1, -0.05) is 0 Å². The summed E-state index contributed by atoms with van der Waals surface area (Å²) in [6, 6.07) is 6.05. The number of anilines is 1. The summed E-state index contributed by atoms with van der Waals surface area (Å²) in [6.07, 6.45) is 1.80. The molecule has 0 fully saturated rings. The Morgan fingerprint density at radius 3 is 2.81 bits per heavy atom. The number of carbonyl (C=O) groups excluding carboxylic acids is 1. The molecule has 26 heavy (non-hydrogen) atoms. The van der Waals surface area contributed by atoms with Gasteiger partial charge < -0.3 is 9.88 Å². The Morgan fingerprint density at radius 2 is 2.08 bits per heavy atom. The number of pyridine rings is 2. The first-order valence-corrected chi connectivity index (χ1v) is 8.79. The van der Waals surface area contributed by atoms with Gasteiger partial charge in [-0.3, -0.25) is 14.7 Å². The Kier molecular flexibility index (Phi) is 3.96. The van der Waals surface area contributed by atoms with Crippen molar-refractivity contribution >= 4 is 22.9 Å². The fraction of sp³-hybridized carbons (Fsp3) is 0.368. The molecule has 7 heteroatoms. The highest BCUT2D eigenvalue weighted by Gasteiger charge is 2.32. The highest BCUT2D eigenvalue weighted by Crippen LogP contribution is 2.30. The number of aryl methyl sites for hydroxylation is 1. The number of nitrogens with zero attached hydrogens (tertiary/aromatic N) is 5. The van der Waals surface area contributed by atoms with Crippen LogP contribution in [0.5, 0.6) is 0 Å². The molecule has 0 saturated heterocycles. The van der Waals surface area contributed by atoms with Crippen molar-refractivity contribution < 1.29 is 4.79 Å². The molecule has 0 radical (unpaired) electrons. The lowest BCUT2D eigenvalue weighted by molar-refractivity contribution is 0.0996. The number of amides is 1. The van der Waals surface area contributed by atoms with E-state index in [1.807, 2.05) is 32.2 Å². The summed E-state index contributed by atoms with van der Waals surface area (Å²) in [5.41, 5.74) is 5.10. The zero-order valence-electron chi connectivity index (χ0n) is 15.4. The molecule has 0 aliphatic carbocycles. The van der Waals surface area contributed by atoms with Crippen LogP contribution in [-0.2, 0) is 13.1 Å². The molecule has 1 aliphatic heterocycles. The van der Waals surface area contributed by atoms with Crippen molar-refractivity contribution in [1.29, 1.82) is 0 Å². The lowest BCUT2D eigenvalue weighted by Crippen LogP contribution is -2.24. The van der Waals surface area contributed by atoms with Gasteiger partial charge in [-0.25, -0.2) is 9.97 Å². The molecular formula is C19H22N6O. The molecular weight excluding hydrogens is 328 g/mol. The second-order valence-electron chi connectivity index (χ2n) is 6.92. The van der Waals surface area contributed by atoms with E-state index in [2.05, 4.69) is 38.7 Å². The molecule has 0 atom stereocenters. The van der Waals surface area contributed by atoms with Crippen LogP contribution in [-0.4, -0.2) is 32.5 Å². The molecule has 0 saturated carbocycles. The van der Waals surface area contributed by atoms with E-state index in [1.54, 1.807) is 11.2 Å². The lowest BCUT2D eigenvalue weighted by Gasteiger charge is -2.15. The SMILES string of the molecule is CNCc1nc(C)cc2c1CN(c1ccc3c(ncn3C(C)C)n1)C2=O. The normalized spacial score (nSPS) is 13.9. The third-order valence-corrected chi connectivity index (χ3v) is 4.73. The number of hydrogen-bond acceptors (Lipinski definition) is 5. The van der Waals surface area contributed by atoms with Crippen LogP contribution in [0, 0.1) is 6.92 Å². The van der Waals surface area contributed by atoms with Gasteiger partial charge >= 0.3 is 0 Å². The van der Waals surface area contributed by atoms with Gasteiger partial charge in [-0.15, -0.1) is 0 Å². The molecule has 1 amide bonds. The van der Waals surface area contributed by atoms with Crippen LogP contribution in [0.4, 0.5) is 5.82 Å². The van der Waals surface area contributed by atoms with Crippen LogP contribution in [0.3, 0.4) is 0 Å². The molecule has 1 N–H and O–H groups in total. The number of nitrogens with one attached hydrogen (secondary N) is 1. The van der Waals surface area contributed by atoms with Crippen molar-refractivity contribution in [2.45, 2.75) is 39.9 Å². The smallest absolute Gasteiger partial charge is 0.260 e. The molecule has 0 spiro atoms. The maximum absolute atomic E-state index is 13.0. The summed E-state index contributed by atoms with van der Waals surface area (Å²) in [5.74, 6) is 0.596. The predicted octanol–water partition coefficient (Wildman–Crippen LogP) is 2.60. The maximum Gasteiger partial charge on any atom is 0.260 e. The second-order valence-corrected chi connectivity index (χ2v) is 6.92. The molecule has 0 aromatic carbocycles. The number of fused-ring (bicyclic) bond motifs is 2. The Labute approximate surface area is 152 Å². The first-order chi connectivity index (χ1) is 12.5. The van der Waals surface area contributed by atoms with E-state index < -0.39 is 0 Å². The van der Waals surface area contributed by atoms with Crippen molar-refractivity contribution in [1.82, 2.24) is 24.8 Å². The summed E-state index contributed by atoms with van der Waals surface area (Å²) in [4.78, 5) is 28.3. The highest BCUT2D eigenvalue weighted by molar-refractivity contribution is 6.10. The van der Waals surface area contributed by atoms with Crippen LogP contribution in [0.2, 0.25) is 0 Å². The molecule has 4 rings (SSSR count). The van der Waals surface area contributed by atoms with Gasteiger partial charge in [0.1, 0.15) is 5.82 Å². The first kappa shape index (κ1) is 16.7. The van der Waals surface area contributed by atoms with E-state index in [9.17, 15) is 4.79 Å². The average Bonchev–Trinajstić information content (AvgIpc) is 3.17. The number of carbonyl (C=O) groups is 1. The van der Waals surface area contributed by atoms with Crippen LogP contribution >= 0.6 is 0 Å². The fourth-order valence-electron chi connectivity index (χ4n) is 3.47. The summed E-state index contributed by atoms with van der Waals surface area (Å²) >= 11 is 0. The van der Waals surface area contributed by atoms with Gasteiger partial charge in [0.05, 0.1) is 24.1 Å². The van der Waals surface area contributed by atoms with Gasteiger partial charge in [0, 0.05) is 29.4 Å². The minimum Gasteiger partial charge on any atom is -0.327 e. The Morgan fingerprint density at radius 1 is 1.27 bits per heavy atom. The van der Waals surface area contributed by atoms with E-state index in [0.29, 0.717) is 30.6 Å². The summed E-state index contributed by atoms with van der Waals surface area (Å²) in [6.45, 7) is 7.25. The third kappa shape index (κ3) is 2.55. The van der Waals surface area contributed by atoms with E-state index in [1.165, 1.54) is 0 Å². The summed E-state index contributed by atoms with van der Waals surface area (Å²) < 4.78 is 2.07. The van der Waals surface area contributed by atoms with Crippen LogP contribution in [0.25, 0.3) is 11.2 Å². The topological polar surface area (TPSA) is 75.9 Å². The van der Waals surface area contributed by atoms with Crippen LogP contribution in [0.1, 0.15) is 47.2 Å². The molecule has 7 nitrogen and oxygen atoms in total. The standard InChI is InChI=1S/C19H22N6O/c1-11(2)25-10-21-18-16(25)5-6-17(23-18)24-9-14-13(19(24)26)7-12(3)22-15(14)8-20-4/h5-7,10-11,20H,8-9H2,1-4H3. The highest BCUT2D eigenvalue weighted by atomic mass is 16.2. The number of imidazole rings is 1. The minimum atomic E-state index is -0.0296. The molecule has 3 aromatic rings. The number of hydrogen-bond donors (Lipinski definition) is 1. The third-order valence-electron chi connectivity index (χ3n) is 4.73. The summed E-state index contributed by atoms with van der Waals surface area (Å²) in [5, 5.41) is 3.13. The van der Waals surface area contributed by atoms with Gasteiger partial charge in [-0.2, -0.15) is 0 Å². The van der Waals surface area contributed by atoms with Crippen molar-refractivity contribution in [3.8, 4) is 0 Å². The Balaban J connectivity index is 1.74. The molecule has 0 bridgehead atoms. The van der Waals surface area contributed by atoms with Crippen LogP contribution in [0.15, 0.2) is 24.5 Å². The van der Waals surface area contributed by atoms with Gasteiger partial charge in [0.25, 0.3) is 5.91 Å². The monoisotopic (exact) mass is 350 g/mol. The summed E-state index contributed by atoms with van der Waals surface area (Å²) in [7, 11) is 1.88. The van der Waals surface area contributed by atoms with Gasteiger partial charge in [0.15, 0.2) is 5.65 Å². The fourth-order valence-corrected chi connectivity index (χ4v) is 3.47. The molecule has 4 heterocycles. The zero-order valence-corrected chi connectivity index (χ0v) is 15.4. The van der Waals surface area contributed by atoms with E-state index in [-0.39, 0.29) is 5.91 Å². The average molecular weight is 350 g/mol. The van der Waals surface area contributed by atoms with Crippen molar-refractivity contribution in [2.75, 3.05) is 11.9 Å². The van der Waals surface area contributed by atoms with Gasteiger partial charge in [0.2, 0.25) is 0 Å². The van der Waals surface area contributed by atoms with Crippen molar-refractivity contribution in [2.24, 2.45) is 0 Å². The first-order valence-electron chi connectivity index (χ1n) is 8.79. The molecule has 1 aliphatic rings. The number of rotatable bonds is 4. The number of aromatic nitrogens is 4. The molecule has 3 aromatic heterocycles. The zero-order chi connectivity index (χ0) is 18.4. The Bertz CT molecular complexity index is 1010. The van der Waals surface area contributed by atoms with Crippen molar-refractivity contribution in [3.63, 3.8) is 0 Å². The largest absolute Gasteiger partial charge is 0.327 e. The van der Waals surface area contributed by atoms with E-state index in [4.69, 9.17) is 0 Å². The molecule has 0 unspecified atom stereocenters. The van der Waals surface area contributed by atoms with E-state index >= 15 is 0 Å². The predicted molar refractivity (Wildman–Crippen MR) is 100 cm³/mol.